The molecule has 0 aliphatic heterocycles. The van der Waals surface area contributed by atoms with E-state index in [1.807, 2.05) is 0 Å². The van der Waals surface area contributed by atoms with Gasteiger partial charge >= 0.3 is 5.97 Å². The molecule has 0 saturated carbocycles. The van der Waals surface area contributed by atoms with E-state index in [0.717, 1.165) is 0 Å². The topological polar surface area (TPSA) is 92.4 Å². The van der Waals surface area contributed by atoms with E-state index in [-0.39, 0.29) is 5.56 Å². The number of hydrogen-bond donors (Lipinski definition) is 3. The van der Waals surface area contributed by atoms with Crippen LogP contribution in [0, 0.1) is 0 Å². The van der Waals surface area contributed by atoms with Gasteiger partial charge in [0.1, 0.15) is 6.04 Å². The van der Waals surface area contributed by atoms with E-state index in [2.05, 4.69) is 5.32 Å². The van der Waals surface area contributed by atoms with Gasteiger partial charge < -0.3 is 16.2 Å². The number of nitrogens with one attached hydrogen (secondary N) is 1. The van der Waals surface area contributed by atoms with Crippen molar-refractivity contribution >= 4 is 29.2 Å². The van der Waals surface area contributed by atoms with Crippen molar-refractivity contribution in [1.29, 1.82) is 0 Å². The maximum Gasteiger partial charge on any atom is 0.326 e. The van der Waals surface area contributed by atoms with Gasteiger partial charge in [0.05, 0.1) is 10.7 Å². The third-order valence-corrected chi connectivity index (χ3v) is 2.62. The number of primary amides is 1. The first-order chi connectivity index (χ1) is 7.95. The highest BCUT2D eigenvalue weighted by Crippen LogP contribution is 2.24. The zero-order valence-corrected chi connectivity index (χ0v) is 9.99. The number of hydrogen-bond acceptors (Lipinski definition) is 3. The molecule has 0 spiro atoms. The minimum atomic E-state index is -0.979. The lowest BCUT2D eigenvalue weighted by Crippen LogP contribution is -2.28. The summed E-state index contributed by atoms with van der Waals surface area (Å²) in [5.74, 6) is -1.57. The molecule has 1 aromatic rings. The van der Waals surface area contributed by atoms with Crippen LogP contribution in [0.1, 0.15) is 23.7 Å². The molecule has 6 heteroatoms. The van der Waals surface area contributed by atoms with E-state index < -0.39 is 17.9 Å². The van der Waals surface area contributed by atoms with Crippen molar-refractivity contribution in [3.05, 3.63) is 28.8 Å². The van der Waals surface area contributed by atoms with Crippen molar-refractivity contribution in [2.75, 3.05) is 5.32 Å². The number of carbonyl (C=O) groups excluding carboxylic acids is 1. The van der Waals surface area contributed by atoms with Crippen LogP contribution in [-0.4, -0.2) is 23.0 Å². The van der Waals surface area contributed by atoms with Crippen molar-refractivity contribution in [3.63, 3.8) is 0 Å². The molecule has 4 N–H and O–H groups in total. The van der Waals surface area contributed by atoms with Crippen molar-refractivity contribution in [1.82, 2.24) is 0 Å². The number of halogens is 1. The molecule has 1 rings (SSSR count). The zero-order valence-electron chi connectivity index (χ0n) is 9.24. The summed E-state index contributed by atoms with van der Waals surface area (Å²) in [6.45, 7) is 1.73. The molecule has 1 unspecified atom stereocenters. The number of benzene rings is 1. The Hall–Kier alpha value is -1.75. The Morgan fingerprint density at radius 2 is 2.18 bits per heavy atom. The fourth-order valence-electron chi connectivity index (χ4n) is 1.32. The lowest BCUT2D eigenvalue weighted by molar-refractivity contribution is -0.137. The summed E-state index contributed by atoms with van der Waals surface area (Å²) < 4.78 is 0. The number of nitrogens with two attached hydrogens (primary N) is 1. The lowest BCUT2D eigenvalue weighted by Gasteiger charge is -2.15. The van der Waals surface area contributed by atoms with Crippen LogP contribution in [0.25, 0.3) is 0 Å². The summed E-state index contributed by atoms with van der Waals surface area (Å²) in [6.07, 6.45) is 0.395. The molecule has 0 aromatic heterocycles. The second kappa shape index (κ2) is 5.54. The molecule has 0 aliphatic carbocycles. The number of amides is 1. The van der Waals surface area contributed by atoms with Crippen molar-refractivity contribution in [2.24, 2.45) is 5.73 Å². The predicted molar refractivity (Wildman–Crippen MR) is 65.3 cm³/mol. The zero-order chi connectivity index (χ0) is 13.0. The molecule has 0 saturated heterocycles. The van der Waals surface area contributed by atoms with Gasteiger partial charge in [0.25, 0.3) is 0 Å². The smallest absolute Gasteiger partial charge is 0.326 e. The highest BCUT2D eigenvalue weighted by atomic mass is 35.5. The van der Waals surface area contributed by atoms with Crippen LogP contribution in [0.3, 0.4) is 0 Å². The van der Waals surface area contributed by atoms with E-state index in [9.17, 15) is 9.59 Å². The molecule has 5 nitrogen and oxygen atoms in total. The number of carbonyl (C=O) groups is 2. The molecule has 92 valence electrons. The van der Waals surface area contributed by atoms with E-state index in [1.165, 1.54) is 18.2 Å². The molecule has 1 aromatic carbocycles. The normalized spacial score (nSPS) is 11.9. The molecular weight excluding hydrogens is 244 g/mol. The third-order valence-electron chi connectivity index (χ3n) is 2.29. The summed E-state index contributed by atoms with van der Waals surface area (Å²) in [4.78, 5) is 21.9. The minimum Gasteiger partial charge on any atom is -0.480 e. The Labute approximate surface area is 104 Å². The Morgan fingerprint density at radius 1 is 1.53 bits per heavy atom. The summed E-state index contributed by atoms with van der Waals surface area (Å²) in [7, 11) is 0. The van der Waals surface area contributed by atoms with Crippen LogP contribution in [0.2, 0.25) is 5.02 Å². The van der Waals surface area contributed by atoms with E-state index >= 15 is 0 Å². The highest BCUT2D eigenvalue weighted by molar-refractivity contribution is 6.33. The largest absolute Gasteiger partial charge is 0.480 e. The van der Waals surface area contributed by atoms with E-state index in [4.69, 9.17) is 22.4 Å². The fourth-order valence-corrected chi connectivity index (χ4v) is 1.49. The van der Waals surface area contributed by atoms with E-state index in [0.29, 0.717) is 17.1 Å². The quantitative estimate of drug-likeness (QED) is 0.748. The van der Waals surface area contributed by atoms with Crippen LogP contribution >= 0.6 is 11.6 Å². The van der Waals surface area contributed by atoms with Crippen LogP contribution in [-0.2, 0) is 4.79 Å². The van der Waals surface area contributed by atoms with Gasteiger partial charge in [-0.25, -0.2) is 4.79 Å². The number of carboxylic acid groups (broad SMARTS) is 1. The summed E-state index contributed by atoms with van der Waals surface area (Å²) >= 11 is 5.90. The summed E-state index contributed by atoms with van der Waals surface area (Å²) in [5.41, 5.74) is 5.79. The van der Waals surface area contributed by atoms with Crippen molar-refractivity contribution < 1.29 is 14.7 Å². The van der Waals surface area contributed by atoms with Gasteiger partial charge in [-0.05, 0) is 24.6 Å². The molecule has 0 heterocycles. The van der Waals surface area contributed by atoms with Gasteiger partial charge in [-0.3, -0.25) is 4.79 Å². The summed E-state index contributed by atoms with van der Waals surface area (Å²) in [5, 5.41) is 12.0. The third kappa shape index (κ3) is 3.35. The maximum absolute atomic E-state index is 11.0. The Kier molecular flexibility index (Phi) is 4.34. The van der Waals surface area contributed by atoms with Crippen LogP contribution in [0.5, 0.6) is 0 Å². The molecule has 0 radical (unpaired) electrons. The monoisotopic (exact) mass is 256 g/mol. The first kappa shape index (κ1) is 13.3. The molecule has 1 atom stereocenters. The molecular formula is C11H13ClN2O3. The fraction of sp³-hybridized carbons (Fsp3) is 0.273. The van der Waals surface area contributed by atoms with Gasteiger partial charge in [-0.15, -0.1) is 0 Å². The Bertz CT molecular complexity index is 448. The predicted octanol–water partition coefficient (Wildman–Crippen LogP) is 1.71. The lowest BCUT2D eigenvalue weighted by atomic mass is 10.1. The highest BCUT2D eigenvalue weighted by Gasteiger charge is 2.16. The summed E-state index contributed by atoms with van der Waals surface area (Å²) in [6, 6.07) is 3.67. The average Bonchev–Trinajstić information content (AvgIpc) is 2.27. The molecule has 0 bridgehead atoms. The van der Waals surface area contributed by atoms with Crippen LogP contribution in [0.15, 0.2) is 18.2 Å². The van der Waals surface area contributed by atoms with Gasteiger partial charge in [-0.1, -0.05) is 18.5 Å². The SMILES string of the molecule is CCC(Nc1cc(C(N)=O)ccc1Cl)C(=O)O. The number of carboxylic acids is 1. The minimum absolute atomic E-state index is 0.275. The van der Waals surface area contributed by atoms with Gasteiger partial charge in [-0.2, -0.15) is 0 Å². The molecule has 0 aliphatic rings. The Morgan fingerprint density at radius 3 is 2.65 bits per heavy atom. The van der Waals surface area contributed by atoms with Crippen molar-refractivity contribution in [3.8, 4) is 0 Å². The first-order valence-corrected chi connectivity index (χ1v) is 5.42. The number of aliphatic carboxylic acids is 1. The van der Waals surface area contributed by atoms with E-state index in [1.54, 1.807) is 6.92 Å². The van der Waals surface area contributed by atoms with Crippen LogP contribution < -0.4 is 11.1 Å². The number of rotatable bonds is 5. The van der Waals surface area contributed by atoms with Gasteiger partial charge in [0.15, 0.2) is 0 Å². The molecule has 17 heavy (non-hydrogen) atoms. The Balaban J connectivity index is 3.00. The standard InChI is InChI=1S/C11H13ClN2O3/c1-2-8(11(16)17)14-9-5-6(10(13)15)3-4-7(9)12/h3-5,8,14H,2H2,1H3,(H2,13,15)(H,16,17). The second-order valence-electron chi connectivity index (χ2n) is 3.50. The van der Waals surface area contributed by atoms with Crippen LogP contribution in [0.4, 0.5) is 5.69 Å². The first-order valence-electron chi connectivity index (χ1n) is 5.04. The van der Waals surface area contributed by atoms with Gasteiger partial charge in [0.2, 0.25) is 5.91 Å². The average molecular weight is 257 g/mol. The second-order valence-corrected chi connectivity index (χ2v) is 3.91. The maximum atomic E-state index is 11.0. The van der Waals surface area contributed by atoms with Crippen molar-refractivity contribution in [2.45, 2.75) is 19.4 Å². The molecule has 0 fully saturated rings. The number of anilines is 1. The van der Waals surface area contributed by atoms with Gasteiger partial charge in [0, 0.05) is 5.56 Å². The molecule has 1 amide bonds.